The molecule has 0 saturated carbocycles. The van der Waals surface area contributed by atoms with E-state index in [0.717, 1.165) is 39.1 Å². The molecule has 8 heteroatoms. The number of carbonyl (C=O) groups is 1. The van der Waals surface area contributed by atoms with Crippen molar-refractivity contribution in [3.05, 3.63) is 83.0 Å². The van der Waals surface area contributed by atoms with E-state index in [1.54, 1.807) is 32.2 Å². The zero-order chi connectivity index (χ0) is 24.5. The van der Waals surface area contributed by atoms with Gasteiger partial charge in [0.2, 0.25) is 5.96 Å². The number of hydrogen-bond donors (Lipinski definition) is 1. The quantitative estimate of drug-likeness (QED) is 0.319. The van der Waals surface area contributed by atoms with Gasteiger partial charge in [0.25, 0.3) is 0 Å². The molecule has 176 valence electrons. The molecule has 0 saturated heterocycles. The summed E-state index contributed by atoms with van der Waals surface area (Å²) in [4.78, 5) is 24.3. The van der Waals surface area contributed by atoms with Gasteiger partial charge in [-0.1, -0.05) is 17.7 Å². The van der Waals surface area contributed by atoms with Crippen molar-refractivity contribution in [1.82, 2.24) is 4.98 Å². The minimum atomic E-state index is -0.472. The van der Waals surface area contributed by atoms with Crippen LogP contribution in [0.1, 0.15) is 23.0 Å². The molecule has 1 aliphatic rings. The average molecular weight is 487 g/mol. The van der Waals surface area contributed by atoms with E-state index in [-0.39, 0.29) is 12.3 Å². The molecule has 35 heavy (non-hydrogen) atoms. The molecule has 1 aliphatic heterocycles. The number of nitrogens with zero attached hydrogens (tertiary/aromatic N) is 3. The second kappa shape index (κ2) is 9.27. The number of halogens is 1. The standard InChI is InChI=1S/C27H23ClN4O3/c1-4-35-26(33)23-15-21-16(2)5-14-22-24(21)25(30-23)32(19-10-12-20(34-3)13-11-19)27(31-22)29-18-8-6-17(28)7-9-18/h5-15H,4H2,1-3H3,(H,29,31). The summed E-state index contributed by atoms with van der Waals surface area (Å²) >= 11 is 6.08. The molecule has 0 aliphatic carbocycles. The summed E-state index contributed by atoms with van der Waals surface area (Å²) in [6, 6.07) is 20.7. The molecule has 0 spiro atoms. The van der Waals surface area contributed by atoms with Crippen molar-refractivity contribution in [2.45, 2.75) is 13.8 Å². The Bertz CT molecular complexity index is 1450. The number of guanidine groups is 1. The van der Waals surface area contributed by atoms with Gasteiger partial charge in [0.15, 0.2) is 11.5 Å². The molecular weight excluding hydrogens is 464 g/mol. The first-order valence-corrected chi connectivity index (χ1v) is 11.5. The summed E-state index contributed by atoms with van der Waals surface area (Å²) in [6.45, 7) is 4.04. The molecule has 0 unspecified atom stereocenters. The Morgan fingerprint density at radius 3 is 2.49 bits per heavy atom. The lowest BCUT2D eigenvalue weighted by molar-refractivity contribution is 0.0520. The number of rotatable bonds is 5. The van der Waals surface area contributed by atoms with E-state index in [4.69, 9.17) is 31.1 Å². The van der Waals surface area contributed by atoms with Crippen molar-refractivity contribution < 1.29 is 14.3 Å². The third kappa shape index (κ3) is 4.26. The molecule has 5 rings (SSSR count). The van der Waals surface area contributed by atoms with Crippen LogP contribution in [-0.4, -0.2) is 30.6 Å². The Kier molecular flexibility index (Phi) is 6.01. The summed E-state index contributed by atoms with van der Waals surface area (Å²) in [5.74, 6) is 1.37. The van der Waals surface area contributed by atoms with Crippen molar-refractivity contribution in [2.75, 3.05) is 23.9 Å². The monoisotopic (exact) mass is 486 g/mol. The van der Waals surface area contributed by atoms with Crippen LogP contribution in [0.2, 0.25) is 5.02 Å². The number of aryl methyl sites for hydroxylation is 1. The second-order valence-electron chi connectivity index (χ2n) is 7.98. The number of methoxy groups -OCH3 is 1. The lowest BCUT2D eigenvalue weighted by Crippen LogP contribution is -2.35. The van der Waals surface area contributed by atoms with Crippen LogP contribution in [0.3, 0.4) is 0 Å². The molecule has 2 heterocycles. The van der Waals surface area contributed by atoms with E-state index < -0.39 is 5.97 Å². The third-order valence-electron chi connectivity index (χ3n) is 5.74. The predicted molar refractivity (Wildman–Crippen MR) is 140 cm³/mol. The number of carbonyl (C=O) groups excluding carboxylic acids is 1. The number of hydrogen-bond acceptors (Lipinski definition) is 7. The van der Waals surface area contributed by atoms with Crippen LogP contribution in [0.5, 0.6) is 5.75 Å². The SMILES string of the molecule is CCOC(=O)c1cc2c(C)ccc3c2c(n1)N(c1ccc(OC)cc1)C(Nc1ccc(Cl)cc1)=N3. The largest absolute Gasteiger partial charge is 0.497 e. The Morgan fingerprint density at radius 2 is 1.80 bits per heavy atom. The van der Waals surface area contributed by atoms with Crippen LogP contribution in [0.15, 0.2) is 71.7 Å². The topological polar surface area (TPSA) is 76.0 Å². The molecule has 0 bridgehead atoms. The maximum atomic E-state index is 12.7. The zero-order valence-corrected chi connectivity index (χ0v) is 20.3. The van der Waals surface area contributed by atoms with Crippen LogP contribution >= 0.6 is 11.6 Å². The van der Waals surface area contributed by atoms with E-state index in [1.165, 1.54) is 0 Å². The summed E-state index contributed by atoms with van der Waals surface area (Å²) in [5.41, 5.74) is 3.61. The number of benzene rings is 3. The second-order valence-corrected chi connectivity index (χ2v) is 8.41. The maximum Gasteiger partial charge on any atom is 0.357 e. The van der Waals surface area contributed by atoms with Crippen LogP contribution in [0, 0.1) is 6.92 Å². The maximum absolute atomic E-state index is 12.7. The summed E-state index contributed by atoms with van der Waals surface area (Å²) in [5, 5.41) is 5.77. The Morgan fingerprint density at radius 1 is 1.06 bits per heavy atom. The Hall–Kier alpha value is -4.10. The van der Waals surface area contributed by atoms with Gasteiger partial charge in [-0.25, -0.2) is 14.8 Å². The number of aliphatic imine (C=N–C) groups is 1. The minimum absolute atomic E-state index is 0.237. The van der Waals surface area contributed by atoms with Crippen molar-refractivity contribution in [2.24, 2.45) is 4.99 Å². The molecular formula is C27H23ClN4O3. The van der Waals surface area contributed by atoms with Gasteiger partial charge in [-0.15, -0.1) is 0 Å². The van der Waals surface area contributed by atoms with E-state index in [1.807, 2.05) is 60.4 Å². The average Bonchev–Trinajstić information content (AvgIpc) is 2.87. The van der Waals surface area contributed by atoms with Gasteiger partial charge in [0, 0.05) is 10.7 Å². The van der Waals surface area contributed by atoms with Crippen molar-refractivity contribution in [1.29, 1.82) is 0 Å². The fraction of sp³-hybridized carbons (Fsp3) is 0.148. The third-order valence-corrected chi connectivity index (χ3v) is 5.99. The smallest absolute Gasteiger partial charge is 0.357 e. The lowest BCUT2D eigenvalue weighted by Gasteiger charge is -2.31. The number of ether oxygens (including phenoxy) is 2. The molecule has 1 N–H and O–H groups in total. The van der Waals surface area contributed by atoms with Gasteiger partial charge < -0.3 is 14.8 Å². The van der Waals surface area contributed by atoms with Crippen LogP contribution in [0.4, 0.5) is 22.9 Å². The summed E-state index contributed by atoms with van der Waals surface area (Å²) in [6.07, 6.45) is 0. The van der Waals surface area contributed by atoms with E-state index in [0.29, 0.717) is 16.8 Å². The van der Waals surface area contributed by atoms with Crippen LogP contribution in [-0.2, 0) is 4.74 Å². The molecule has 0 atom stereocenters. The first kappa shape index (κ1) is 22.7. The molecule has 0 fully saturated rings. The Labute approximate surface area is 208 Å². The van der Waals surface area contributed by atoms with E-state index >= 15 is 0 Å². The first-order chi connectivity index (χ1) is 17.0. The fourth-order valence-electron chi connectivity index (χ4n) is 4.02. The minimum Gasteiger partial charge on any atom is -0.497 e. The molecule has 0 radical (unpaired) electrons. The molecule has 4 aromatic rings. The molecule has 7 nitrogen and oxygen atoms in total. The van der Waals surface area contributed by atoms with E-state index in [9.17, 15) is 4.79 Å². The highest BCUT2D eigenvalue weighted by molar-refractivity contribution is 6.30. The van der Waals surface area contributed by atoms with Gasteiger partial charge in [0.1, 0.15) is 5.75 Å². The van der Waals surface area contributed by atoms with E-state index in [2.05, 4.69) is 5.32 Å². The zero-order valence-electron chi connectivity index (χ0n) is 19.5. The van der Waals surface area contributed by atoms with Gasteiger partial charge in [-0.3, -0.25) is 4.90 Å². The number of anilines is 3. The van der Waals surface area contributed by atoms with Gasteiger partial charge in [0.05, 0.1) is 30.5 Å². The normalized spacial score (nSPS) is 12.3. The van der Waals surface area contributed by atoms with Gasteiger partial charge >= 0.3 is 5.97 Å². The fourth-order valence-corrected chi connectivity index (χ4v) is 4.15. The molecule has 0 amide bonds. The Balaban J connectivity index is 1.74. The highest BCUT2D eigenvalue weighted by Crippen LogP contribution is 2.42. The molecule has 3 aromatic carbocycles. The van der Waals surface area contributed by atoms with Crippen molar-refractivity contribution in [3.63, 3.8) is 0 Å². The highest BCUT2D eigenvalue weighted by atomic mass is 35.5. The molecule has 1 aromatic heterocycles. The number of esters is 1. The number of pyridine rings is 1. The van der Waals surface area contributed by atoms with Crippen LogP contribution < -0.4 is 15.0 Å². The van der Waals surface area contributed by atoms with Gasteiger partial charge in [-0.05, 0) is 85.5 Å². The lowest BCUT2D eigenvalue weighted by atomic mass is 10.0. The predicted octanol–water partition coefficient (Wildman–Crippen LogP) is 6.63. The van der Waals surface area contributed by atoms with Gasteiger partial charge in [-0.2, -0.15) is 0 Å². The summed E-state index contributed by atoms with van der Waals surface area (Å²) < 4.78 is 10.6. The number of aromatic nitrogens is 1. The number of nitrogens with one attached hydrogen (secondary N) is 1. The summed E-state index contributed by atoms with van der Waals surface area (Å²) in [7, 11) is 1.62. The van der Waals surface area contributed by atoms with Crippen molar-refractivity contribution in [3.8, 4) is 5.75 Å². The van der Waals surface area contributed by atoms with Crippen LogP contribution in [0.25, 0.3) is 10.8 Å². The highest BCUT2D eigenvalue weighted by Gasteiger charge is 2.29. The van der Waals surface area contributed by atoms with Crippen molar-refractivity contribution >= 4 is 57.2 Å². The first-order valence-electron chi connectivity index (χ1n) is 11.2.